The summed E-state index contributed by atoms with van der Waals surface area (Å²) in [7, 11) is 0. The maximum atomic E-state index is 6.30. The molecule has 1 aliphatic heterocycles. The molecule has 1 saturated carbocycles. The first-order valence-electron chi connectivity index (χ1n) is 7.44. The van der Waals surface area contributed by atoms with Crippen LogP contribution in [0.1, 0.15) is 19.3 Å². The summed E-state index contributed by atoms with van der Waals surface area (Å²) >= 11 is 0. The number of rotatable bonds is 3. The second-order valence-electron chi connectivity index (χ2n) is 5.98. The van der Waals surface area contributed by atoms with E-state index >= 15 is 0 Å². The minimum atomic E-state index is 0.525. The van der Waals surface area contributed by atoms with Gasteiger partial charge in [-0.25, -0.2) is 0 Å². The second-order valence-corrected chi connectivity index (χ2v) is 5.98. The van der Waals surface area contributed by atoms with Gasteiger partial charge in [0.25, 0.3) is 0 Å². The summed E-state index contributed by atoms with van der Waals surface area (Å²) in [5.41, 5.74) is 8.20. The van der Waals surface area contributed by atoms with Gasteiger partial charge >= 0.3 is 0 Å². The summed E-state index contributed by atoms with van der Waals surface area (Å²) in [6.45, 7) is 2.37. The van der Waals surface area contributed by atoms with Gasteiger partial charge in [-0.1, -0.05) is 6.07 Å². The molecule has 4 heteroatoms. The molecule has 1 unspecified atom stereocenters. The lowest BCUT2D eigenvalue weighted by molar-refractivity contribution is 0.326. The number of anilines is 2. The van der Waals surface area contributed by atoms with Crippen LogP contribution in [0.3, 0.4) is 0 Å². The molecule has 0 spiro atoms. The lowest BCUT2D eigenvalue weighted by Gasteiger charge is -2.18. The quantitative estimate of drug-likeness (QED) is 0.840. The third-order valence-corrected chi connectivity index (χ3v) is 4.50. The Labute approximate surface area is 119 Å². The Morgan fingerprint density at radius 3 is 2.95 bits per heavy atom. The molecule has 1 atom stereocenters. The largest absolute Gasteiger partial charge is 0.397 e. The third kappa shape index (κ3) is 2.10. The Hall–Kier alpha value is -1.81. The van der Waals surface area contributed by atoms with Crippen LogP contribution in [0, 0.1) is 0 Å². The Morgan fingerprint density at radius 1 is 1.20 bits per heavy atom. The fourth-order valence-corrected chi connectivity index (χ4v) is 3.21. The molecule has 0 bridgehead atoms. The molecule has 2 aromatic rings. The number of benzene rings is 1. The molecule has 2 aliphatic rings. The van der Waals surface area contributed by atoms with Gasteiger partial charge in [0.05, 0.1) is 11.4 Å². The first-order valence-corrected chi connectivity index (χ1v) is 7.44. The zero-order valence-corrected chi connectivity index (χ0v) is 11.5. The van der Waals surface area contributed by atoms with Crippen molar-refractivity contribution in [2.45, 2.75) is 31.3 Å². The molecule has 1 aromatic heterocycles. The minimum Gasteiger partial charge on any atom is -0.397 e. The Kier molecular flexibility index (Phi) is 2.77. The highest BCUT2D eigenvalue weighted by atomic mass is 15.2. The van der Waals surface area contributed by atoms with E-state index in [2.05, 4.69) is 27.3 Å². The maximum Gasteiger partial charge on any atom is 0.0630 e. The average Bonchev–Trinajstić information content (AvgIpc) is 3.23. The van der Waals surface area contributed by atoms with Crippen LogP contribution in [-0.4, -0.2) is 35.1 Å². The molecule has 104 valence electrons. The van der Waals surface area contributed by atoms with Crippen LogP contribution in [-0.2, 0) is 0 Å². The second kappa shape index (κ2) is 4.63. The fraction of sp³-hybridized carbons (Fsp3) is 0.438. The molecular weight excluding hydrogens is 248 g/mol. The lowest BCUT2D eigenvalue weighted by Crippen LogP contribution is -2.27. The monoisotopic (exact) mass is 268 g/mol. The van der Waals surface area contributed by atoms with Crippen molar-refractivity contribution in [2.24, 2.45) is 0 Å². The van der Waals surface area contributed by atoms with Crippen LogP contribution in [0.25, 0.3) is 10.8 Å². The molecule has 0 radical (unpaired) electrons. The summed E-state index contributed by atoms with van der Waals surface area (Å²) in [5.74, 6) is 0. The summed E-state index contributed by atoms with van der Waals surface area (Å²) in [6.07, 6.45) is 7.65. The van der Waals surface area contributed by atoms with E-state index in [-0.39, 0.29) is 0 Å². The number of aromatic nitrogens is 1. The standard InChI is InChI=1S/C16H20N4/c17-16-14-5-7-18-9-11(14)1-4-15(16)19-12-6-8-20(10-12)13-2-3-13/h1,4-5,7,9,12-13,19H,2-3,6,8,10,17H2. The normalized spacial score (nSPS) is 23.3. The predicted octanol–water partition coefficient (Wildman–Crippen LogP) is 2.47. The van der Waals surface area contributed by atoms with E-state index in [1.807, 2.05) is 12.3 Å². The van der Waals surface area contributed by atoms with E-state index < -0.39 is 0 Å². The number of hydrogen-bond donors (Lipinski definition) is 2. The SMILES string of the molecule is Nc1c(NC2CCN(C3CC3)C2)ccc2cnccc12. The van der Waals surface area contributed by atoms with E-state index in [9.17, 15) is 0 Å². The molecular formula is C16H20N4. The summed E-state index contributed by atoms with van der Waals surface area (Å²) in [5, 5.41) is 5.81. The van der Waals surface area contributed by atoms with Crippen LogP contribution in [0.2, 0.25) is 0 Å². The number of nitrogens with zero attached hydrogens (tertiary/aromatic N) is 2. The number of fused-ring (bicyclic) bond motifs is 1. The fourth-order valence-electron chi connectivity index (χ4n) is 3.21. The third-order valence-electron chi connectivity index (χ3n) is 4.50. The highest BCUT2D eigenvalue weighted by molar-refractivity contribution is 5.98. The number of nitrogens with two attached hydrogens (primary N) is 1. The van der Waals surface area contributed by atoms with Gasteiger partial charge < -0.3 is 11.1 Å². The minimum absolute atomic E-state index is 0.525. The highest BCUT2D eigenvalue weighted by Gasteiger charge is 2.34. The molecule has 1 aromatic carbocycles. The van der Waals surface area contributed by atoms with Gasteiger partial charge in [0.2, 0.25) is 0 Å². The summed E-state index contributed by atoms with van der Waals surface area (Å²) < 4.78 is 0. The van der Waals surface area contributed by atoms with E-state index in [1.165, 1.54) is 25.8 Å². The van der Waals surface area contributed by atoms with Crippen LogP contribution in [0.4, 0.5) is 11.4 Å². The van der Waals surface area contributed by atoms with Crippen molar-refractivity contribution in [1.29, 1.82) is 0 Å². The average molecular weight is 268 g/mol. The van der Waals surface area contributed by atoms with Crippen molar-refractivity contribution in [2.75, 3.05) is 24.1 Å². The number of pyridine rings is 1. The number of nitrogen functional groups attached to an aromatic ring is 1. The predicted molar refractivity (Wildman–Crippen MR) is 82.8 cm³/mol. The first-order chi connectivity index (χ1) is 9.81. The van der Waals surface area contributed by atoms with E-state index in [0.717, 1.165) is 34.7 Å². The zero-order chi connectivity index (χ0) is 13.5. The molecule has 0 amide bonds. The van der Waals surface area contributed by atoms with E-state index in [1.54, 1.807) is 6.20 Å². The molecule has 1 aliphatic carbocycles. The summed E-state index contributed by atoms with van der Waals surface area (Å²) in [4.78, 5) is 6.75. The Balaban J connectivity index is 1.55. The molecule has 2 heterocycles. The van der Waals surface area contributed by atoms with Gasteiger partial charge in [-0.15, -0.1) is 0 Å². The topological polar surface area (TPSA) is 54.2 Å². The zero-order valence-electron chi connectivity index (χ0n) is 11.5. The van der Waals surface area contributed by atoms with Gasteiger partial charge in [0, 0.05) is 48.3 Å². The van der Waals surface area contributed by atoms with Crippen LogP contribution in [0.5, 0.6) is 0 Å². The molecule has 2 fully saturated rings. The first kappa shape index (κ1) is 12.0. The van der Waals surface area contributed by atoms with Crippen molar-refractivity contribution in [3.05, 3.63) is 30.6 Å². The van der Waals surface area contributed by atoms with Gasteiger partial charge in [-0.3, -0.25) is 9.88 Å². The van der Waals surface area contributed by atoms with Crippen molar-refractivity contribution in [1.82, 2.24) is 9.88 Å². The lowest BCUT2D eigenvalue weighted by atomic mass is 10.1. The Morgan fingerprint density at radius 2 is 2.10 bits per heavy atom. The number of likely N-dealkylation sites (tertiary alicyclic amines) is 1. The maximum absolute atomic E-state index is 6.30. The van der Waals surface area contributed by atoms with Crippen LogP contribution >= 0.6 is 0 Å². The van der Waals surface area contributed by atoms with Crippen molar-refractivity contribution in [3.63, 3.8) is 0 Å². The van der Waals surface area contributed by atoms with E-state index in [4.69, 9.17) is 5.73 Å². The van der Waals surface area contributed by atoms with Gasteiger partial charge in [0.1, 0.15) is 0 Å². The van der Waals surface area contributed by atoms with E-state index in [0.29, 0.717) is 6.04 Å². The number of nitrogens with one attached hydrogen (secondary N) is 1. The molecule has 4 nitrogen and oxygen atoms in total. The Bertz CT molecular complexity index is 635. The van der Waals surface area contributed by atoms with Gasteiger partial charge in [-0.2, -0.15) is 0 Å². The van der Waals surface area contributed by atoms with Crippen molar-refractivity contribution >= 4 is 22.1 Å². The smallest absolute Gasteiger partial charge is 0.0630 e. The van der Waals surface area contributed by atoms with Crippen molar-refractivity contribution < 1.29 is 0 Å². The van der Waals surface area contributed by atoms with Crippen LogP contribution < -0.4 is 11.1 Å². The molecule has 4 rings (SSSR count). The molecule has 1 saturated heterocycles. The highest BCUT2D eigenvalue weighted by Crippen LogP contribution is 2.32. The van der Waals surface area contributed by atoms with Gasteiger partial charge in [0.15, 0.2) is 0 Å². The van der Waals surface area contributed by atoms with Crippen LogP contribution in [0.15, 0.2) is 30.6 Å². The summed E-state index contributed by atoms with van der Waals surface area (Å²) in [6, 6.07) is 7.55. The van der Waals surface area contributed by atoms with Crippen molar-refractivity contribution in [3.8, 4) is 0 Å². The molecule has 3 N–H and O–H groups in total. The van der Waals surface area contributed by atoms with Gasteiger partial charge in [-0.05, 0) is 31.4 Å². The molecule has 20 heavy (non-hydrogen) atoms. The number of hydrogen-bond acceptors (Lipinski definition) is 4.